The van der Waals surface area contributed by atoms with E-state index in [0.717, 1.165) is 5.56 Å². The molecule has 0 bridgehead atoms. The highest BCUT2D eigenvalue weighted by Gasteiger charge is 2.38. The van der Waals surface area contributed by atoms with Crippen LogP contribution < -0.4 is 0 Å². The van der Waals surface area contributed by atoms with Crippen molar-refractivity contribution in [3.63, 3.8) is 0 Å². The van der Waals surface area contributed by atoms with Crippen LogP contribution in [0.2, 0.25) is 10.0 Å². The maximum Gasteiger partial charge on any atom is 0.417 e. The van der Waals surface area contributed by atoms with Gasteiger partial charge in [-0.25, -0.2) is 9.69 Å². The number of nitrogens with zero attached hydrogens (tertiary/aromatic N) is 2. The molecular weight excluding hydrogens is 367 g/mol. The van der Waals surface area contributed by atoms with E-state index < -0.39 is 6.09 Å². The number of rotatable bonds is 4. The van der Waals surface area contributed by atoms with E-state index in [9.17, 15) is 14.4 Å². The third-order valence-electron chi connectivity index (χ3n) is 4.59. The summed E-state index contributed by atoms with van der Waals surface area (Å²) in [6.45, 7) is 0.865. The summed E-state index contributed by atoms with van der Waals surface area (Å²) in [6.07, 6.45) is 1.48. The molecule has 2 fully saturated rings. The van der Waals surface area contributed by atoms with Crippen LogP contribution in [0.5, 0.6) is 0 Å². The van der Waals surface area contributed by atoms with E-state index in [1.54, 1.807) is 17.0 Å². The van der Waals surface area contributed by atoms with Gasteiger partial charge >= 0.3 is 6.09 Å². The first-order valence-corrected chi connectivity index (χ1v) is 8.92. The summed E-state index contributed by atoms with van der Waals surface area (Å²) >= 11 is 12.0. The van der Waals surface area contributed by atoms with Gasteiger partial charge in [-0.2, -0.15) is 0 Å². The average Bonchev–Trinajstić information content (AvgIpc) is 2.92. The second kappa shape index (κ2) is 7.62. The Morgan fingerprint density at radius 2 is 1.92 bits per heavy atom. The number of cyclic esters (lactones) is 1. The average molecular weight is 385 g/mol. The number of piperidine rings is 1. The molecule has 8 heteroatoms. The van der Waals surface area contributed by atoms with Crippen LogP contribution in [-0.4, -0.2) is 53.4 Å². The van der Waals surface area contributed by atoms with E-state index >= 15 is 0 Å². The summed E-state index contributed by atoms with van der Waals surface area (Å²) in [5.74, 6) is -0.257. The van der Waals surface area contributed by atoms with Gasteiger partial charge in [0.25, 0.3) is 5.91 Å². The minimum atomic E-state index is -0.577. The van der Waals surface area contributed by atoms with E-state index in [1.165, 1.54) is 4.90 Å². The molecule has 134 valence electrons. The third kappa shape index (κ3) is 4.07. The second-order valence-corrected chi connectivity index (χ2v) is 7.01. The summed E-state index contributed by atoms with van der Waals surface area (Å²) in [4.78, 5) is 38.6. The fraction of sp³-hybridized carbons (Fsp3) is 0.471. The van der Waals surface area contributed by atoms with Crippen LogP contribution in [0.1, 0.15) is 24.8 Å². The number of hydrogen-bond acceptors (Lipinski definition) is 4. The standard InChI is InChI=1S/C17H18Cl2N2O4/c18-12-3-1-11(14(19)9-12)2-4-15(22)20-7-5-13(6-8-20)21-16(23)10-25-17(21)24/h1,3,9,13H,2,4-8,10H2. The van der Waals surface area contributed by atoms with E-state index in [1.807, 2.05) is 6.07 Å². The second-order valence-electron chi connectivity index (χ2n) is 6.17. The number of aryl methyl sites for hydroxylation is 1. The van der Waals surface area contributed by atoms with Gasteiger partial charge < -0.3 is 9.64 Å². The van der Waals surface area contributed by atoms with Crippen molar-refractivity contribution in [1.82, 2.24) is 9.80 Å². The SMILES string of the molecule is O=C(CCc1ccc(Cl)cc1Cl)N1CCC(N2C(=O)COC2=O)CC1. The fourth-order valence-electron chi connectivity index (χ4n) is 3.21. The van der Waals surface area contributed by atoms with Gasteiger partial charge in [-0.05, 0) is 37.0 Å². The molecule has 3 amide bonds. The number of likely N-dealkylation sites (tertiary alicyclic amines) is 1. The van der Waals surface area contributed by atoms with Gasteiger partial charge in [-0.3, -0.25) is 9.59 Å². The highest BCUT2D eigenvalue weighted by molar-refractivity contribution is 6.35. The Labute approximate surface area is 155 Å². The van der Waals surface area contributed by atoms with Crippen LogP contribution in [0.3, 0.4) is 0 Å². The molecule has 2 aliphatic rings. The van der Waals surface area contributed by atoms with Crippen molar-refractivity contribution < 1.29 is 19.1 Å². The molecule has 0 N–H and O–H groups in total. The number of amides is 3. The number of ether oxygens (including phenoxy) is 1. The zero-order chi connectivity index (χ0) is 18.0. The highest BCUT2D eigenvalue weighted by Crippen LogP contribution is 2.24. The van der Waals surface area contributed by atoms with Crippen molar-refractivity contribution in [3.05, 3.63) is 33.8 Å². The molecule has 6 nitrogen and oxygen atoms in total. The predicted octanol–water partition coefficient (Wildman–Crippen LogP) is 2.90. The highest BCUT2D eigenvalue weighted by atomic mass is 35.5. The van der Waals surface area contributed by atoms with E-state index in [-0.39, 0.29) is 24.5 Å². The molecule has 0 aromatic heterocycles. The first kappa shape index (κ1) is 18.0. The summed E-state index contributed by atoms with van der Waals surface area (Å²) in [6, 6.07) is 5.07. The Morgan fingerprint density at radius 1 is 1.20 bits per heavy atom. The Bertz CT molecular complexity index is 686. The number of hydrogen-bond donors (Lipinski definition) is 0. The lowest BCUT2D eigenvalue weighted by Gasteiger charge is -2.34. The number of carbonyl (C=O) groups is 3. The van der Waals surface area contributed by atoms with Crippen LogP contribution in [-0.2, 0) is 20.7 Å². The molecule has 1 aromatic rings. The monoisotopic (exact) mass is 384 g/mol. The summed E-state index contributed by atoms with van der Waals surface area (Å²) in [5.41, 5.74) is 0.889. The molecule has 0 radical (unpaired) electrons. The van der Waals surface area contributed by atoms with E-state index in [0.29, 0.717) is 48.8 Å². The molecule has 2 heterocycles. The zero-order valence-corrected chi connectivity index (χ0v) is 15.1. The Kier molecular flexibility index (Phi) is 5.49. The maximum absolute atomic E-state index is 12.4. The zero-order valence-electron chi connectivity index (χ0n) is 13.5. The largest absolute Gasteiger partial charge is 0.439 e. The lowest BCUT2D eigenvalue weighted by atomic mass is 10.0. The molecule has 2 aliphatic heterocycles. The van der Waals surface area contributed by atoms with Gasteiger partial charge in [0.05, 0.1) is 0 Å². The van der Waals surface area contributed by atoms with Crippen LogP contribution in [0.25, 0.3) is 0 Å². The van der Waals surface area contributed by atoms with Crippen LogP contribution in [0.15, 0.2) is 18.2 Å². The number of benzene rings is 1. The number of imide groups is 1. The fourth-order valence-corrected chi connectivity index (χ4v) is 3.72. The minimum Gasteiger partial charge on any atom is -0.439 e. The quantitative estimate of drug-likeness (QED) is 0.800. The van der Waals surface area contributed by atoms with Crippen LogP contribution in [0.4, 0.5) is 4.79 Å². The molecular formula is C17H18Cl2N2O4. The minimum absolute atomic E-state index is 0.0415. The summed E-state index contributed by atoms with van der Waals surface area (Å²) in [7, 11) is 0. The van der Waals surface area contributed by atoms with E-state index in [2.05, 4.69) is 0 Å². The van der Waals surface area contributed by atoms with Crippen molar-refractivity contribution in [3.8, 4) is 0 Å². The van der Waals surface area contributed by atoms with Crippen LogP contribution in [0, 0.1) is 0 Å². The molecule has 2 saturated heterocycles. The van der Waals surface area contributed by atoms with Crippen molar-refractivity contribution in [1.29, 1.82) is 0 Å². The van der Waals surface area contributed by atoms with Crippen molar-refractivity contribution in [2.24, 2.45) is 0 Å². The Hall–Kier alpha value is -1.79. The molecule has 0 spiro atoms. The van der Waals surface area contributed by atoms with Crippen molar-refractivity contribution in [2.75, 3.05) is 19.7 Å². The van der Waals surface area contributed by atoms with Crippen molar-refractivity contribution >= 4 is 41.1 Å². The molecule has 25 heavy (non-hydrogen) atoms. The summed E-state index contributed by atoms with van der Waals surface area (Å²) in [5, 5.41) is 1.13. The molecule has 1 aromatic carbocycles. The predicted molar refractivity (Wildman–Crippen MR) is 92.6 cm³/mol. The van der Waals surface area contributed by atoms with Crippen LogP contribution >= 0.6 is 23.2 Å². The maximum atomic E-state index is 12.4. The molecule has 0 aliphatic carbocycles. The lowest BCUT2D eigenvalue weighted by molar-refractivity contribution is -0.133. The Balaban J connectivity index is 1.50. The van der Waals surface area contributed by atoms with Crippen molar-refractivity contribution in [2.45, 2.75) is 31.7 Å². The lowest BCUT2D eigenvalue weighted by Crippen LogP contribution is -2.48. The molecule has 0 saturated carbocycles. The van der Waals surface area contributed by atoms with E-state index in [4.69, 9.17) is 27.9 Å². The normalized spacial score (nSPS) is 18.6. The smallest absolute Gasteiger partial charge is 0.417 e. The molecule has 0 unspecified atom stereocenters. The van der Waals surface area contributed by atoms with Gasteiger partial charge in [0.1, 0.15) is 0 Å². The number of carbonyl (C=O) groups excluding carboxylic acids is 3. The topological polar surface area (TPSA) is 66.9 Å². The van der Waals surface area contributed by atoms with Gasteiger partial charge in [-0.15, -0.1) is 0 Å². The van der Waals surface area contributed by atoms with Gasteiger partial charge in [0.2, 0.25) is 5.91 Å². The number of halogens is 2. The summed E-state index contributed by atoms with van der Waals surface area (Å²) < 4.78 is 4.75. The molecule has 0 atom stereocenters. The molecule has 3 rings (SSSR count). The van der Waals surface area contributed by atoms with Gasteiger partial charge in [-0.1, -0.05) is 29.3 Å². The Morgan fingerprint density at radius 3 is 2.52 bits per heavy atom. The first-order valence-electron chi connectivity index (χ1n) is 8.16. The third-order valence-corrected chi connectivity index (χ3v) is 5.18. The first-order chi connectivity index (χ1) is 12.0. The van der Waals surface area contributed by atoms with Gasteiger partial charge in [0, 0.05) is 35.6 Å². The van der Waals surface area contributed by atoms with Gasteiger partial charge in [0.15, 0.2) is 6.61 Å².